The standard InChI is InChI=1S/C11H21N3O2/c1-4-13(3)10(15)8-14-7-5-6-12-9(2)11(14)16/h9,12H,4-8H2,1-3H3. The summed E-state index contributed by atoms with van der Waals surface area (Å²) in [4.78, 5) is 26.9. The Kier molecular flexibility index (Phi) is 4.73. The summed E-state index contributed by atoms with van der Waals surface area (Å²) in [5.41, 5.74) is 0. The van der Waals surface area contributed by atoms with Crippen LogP contribution >= 0.6 is 0 Å². The lowest BCUT2D eigenvalue weighted by molar-refractivity contribution is -0.140. The van der Waals surface area contributed by atoms with E-state index in [1.807, 2.05) is 13.8 Å². The van der Waals surface area contributed by atoms with Crippen molar-refractivity contribution in [2.45, 2.75) is 26.3 Å². The number of hydrogen-bond acceptors (Lipinski definition) is 3. The van der Waals surface area contributed by atoms with Gasteiger partial charge in [0.1, 0.15) is 0 Å². The van der Waals surface area contributed by atoms with E-state index in [2.05, 4.69) is 5.32 Å². The number of rotatable bonds is 3. The molecule has 1 aliphatic rings. The molecule has 5 nitrogen and oxygen atoms in total. The molecule has 0 aromatic carbocycles. The van der Waals surface area contributed by atoms with Crippen LogP contribution in [0.15, 0.2) is 0 Å². The number of carbonyl (C=O) groups excluding carboxylic acids is 2. The second kappa shape index (κ2) is 5.84. The molecule has 0 saturated carbocycles. The van der Waals surface area contributed by atoms with E-state index in [0.29, 0.717) is 13.1 Å². The van der Waals surface area contributed by atoms with E-state index >= 15 is 0 Å². The summed E-state index contributed by atoms with van der Waals surface area (Å²) in [6.07, 6.45) is 0.902. The molecule has 0 aliphatic carbocycles. The number of likely N-dealkylation sites (N-methyl/N-ethyl adjacent to an activating group) is 1. The monoisotopic (exact) mass is 227 g/mol. The Morgan fingerprint density at radius 3 is 2.94 bits per heavy atom. The van der Waals surface area contributed by atoms with Crippen LogP contribution in [-0.4, -0.2) is 60.9 Å². The first-order valence-corrected chi connectivity index (χ1v) is 5.82. The molecule has 1 atom stereocenters. The summed E-state index contributed by atoms with van der Waals surface area (Å²) >= 11 is 0. The van der Waals surface area contributed by atoms with Gasteiger partial charge in [0.05, 0.1) is 12.6 Å². The molecule has 1 heterocycles. The number of carbonyl (C=O) groups is 2. The van der Waals surface area contributed by atoms with Crippen LogP contribution in [0.2, 0.25) is 0 Å². The van der Waals surface area contributed by atoms with E-state index < -0.39 is 0 Å². The lowest BCUT2D eigenvalue weighted by Crippen LogP contribution is -2.46. The minimum Gasteiger partial charge on any atom is -0.345 e. The van der Waals surface area contributed by atoms with Gasteiger partial charge in [0, 0.05) is 20.1 Å². The molecule has 1 saturated heterocycles. The van der Waals surface area contributed by atoms with Crippen LogP contribution < -0.4 is 5.32 Å². The summed E-state index contributed by atoms with van der Waals surface area (Å²) < 4.78 is 0. The molecule has 0 radical (unpaired) electrons. The van der Waals surface area contributed by atoms with Crippen molar-refractivity contribution >= 4 is 11.8 Å². The Hall–Kier alpha value is -1.10. The fourth-order valence-corrected chi connectivity index (χ4v) is 1.68. The fourth-order valence-electron chi connectivity index (χ4n) is 1.68. The maximum Gasteiger partial charge on any atom is 0.241 e. The lowest BCUT2D eigenvalue weighted by atomic mass is 10.3. The third-order valence-corrected chi connectivity index (χ3v) is 2.96. The minimum atomic E-state index is -0.178. The third kappa shape index (κ3) is 3.20. The molecule has 0 aromatic heterocycles. The van der Waals surface area contributed by atoms with Crippen LogP contribution in [-0.2, 0) is 9.59 Å². The van der Waals surface area contributed by atoms with Crippen molar-refractivity contribution < 1.29 is 9.59 Å². The van der Waals surface area contributed by atoms with E-state index in [0.717, 1.165) is 13.0 Å². The first-order valence-electron chi connectivity index (χ1n) is 5.82. The van der Waals surface area contributed by atoms with Gasteiger partial charge in [-0.25, -0.2) is 0 Å². The van der Waals surface area contributed by atoms with Gasteiger partial charge in [-0.1, -0.05) is 0 Å². The molecular formula is C11H21N3O2. The molecule has 5 heteroatoms. The average molecular weight is 227 g/mol. The summed E-state index contributed by atoms with van der Waals surface area (Å²) in [6.45, 7) is 6.14. The second-order valence-electron chi connectivity index (χ2n) is 4.20. The predicted molar refractivity (Wildman–Crippen MR) is 62.0 cm³/mol. The molecule has 1 rings (SSSR count). The highest BCUT2D eigenvalue weighted by Crippen LogP contribution is 2.03. The quantitative estimate of drug-likeness (QED) is 0.718. The number of hydrogen-bond donors (Lipinski definition) is 1. The van der Waals surface area contributed by atoms with Gasteiger partial charge in [-0.05, 0) is 26.8 Å². The molecule has 2 amide bonds. The van der Waals surface area contributed by atoms with E-state index in [1.165, 1.54) is 0 Å². The number of nitrogens with zero attached hydrogens (tertiary/aromatic N) is 2. The van der Waals surface area contributed by atoms with Crippen molar-refractivity contribution in [2.75, 3.05) is 33.2 Å². The van der Waals surface area contributed by atoms with Gasteiger partial charge in [-0.15, -0.1) is 0 Å². The minimum absolute atomic E-state index is 0.00458. The van der Waals surface area contributed by atoms with E-state index in [4.69, 9.17) is 0 Å². The van der Waals surface area contributed by atoms with Gasteiger partial charge >= 0.3 is 0 Å². The van der Waals surface area contributed by atoms with Crippen LogP contribution in [0.3, 0.4) is 0 Å². The number of amides is 2. The van der Waals surface area contributed by atoms with Crippen LogP contribution in [0.5, 0.6) is 0 Å². The highest BCUT2D eigenvalue weighted by atomic mass is 16.2. The zero-order valence-corrected chi connectivity index (χ0v) is 10.3. The molecule has 16 heavy (non-hydrogen) atoms. The molecule has 1 N–H and O–H groups in total. The molecule has 0 bridgehead atoms. The smallest absolute Gasteiger partial charge is 0.241 e. The highest BCUT2D eigenvalue weighted by Gasteiger charge is 2.25. The van der Waals surface area contributed by atoms with Crippen molar-refractivity contribution in [3.05, 3.63) is 0 Å². The summed E-state index contributed by atoms with van der Waals surface area (Å²) in [6, 6.07) is -0.178. The van der Waals surface area contributed by atoms with Gasteiger partial charge in [0.25, 0.3) is 0 Å². The molecule has 1 unspecified atom stereocenters. The van der Waals surface area contributed by atoms with Gasteiger partial charge in [-0.2, -0.15) is 0 Å². The third-order valence-electron chi connectivity index (χ3n) is 2.96. The zero-order chi connectivity index (χ0) is 12.1. The largest absolute Gasteiger partial charge is 0.345 e. The topological polar surface area (TPSA) is 52.7 Å². The Balaban J connectivity index is 2.57. The van der Waals surface area contributed by atoms with Gasteiger partial charge in [-0.3, -0.25) is 9.59 Å². The van der Waals surface area contributed by atoms with E-state index in [-0.39, 0.29) is 24.4 Å². The molecule has 0 aromatic rings. The zero-order valence-electron chi connectivity index (χ0n) is 10.3. The summed E-state index contributed by atoms with van der Waals surface area (Å²) in [7, 11) is 1.76. The number of nitrogens with one attached hydrogen (secondary N) is 1. The van der Waals surface area contributed by atoms with Gasteiger partial charge < -0.3 is 15.1 Å². The van der Waals surface area contributed by atoms with Crippen LogP contribution in [0, 0.1) is 0 Å². The van der Waals surface area contributed by atoms with Gasteiger partial charge in [0.15, 0.2) is 0 Å². The average Bonchev–Trinajstić information content (AvgIpc) is 2.43. The summed E-state index contributed by atoms with van der Waals surface area (Å²) in [5.74, 6) is 0.0281. The SMILES string of the molecule is CCN(C)C(=O)CN1CCCNC(C)C1=O. The Morgan fingerprint density at radius 1 is 1.62 bits per heavy atom. The first kappa shape index (κ1) is 13.0. The second-order valence-corrected chi connectivity index (χ2v) is 4.20. The highest BCUT2D eigenvalue weighted by molar-refractivity contribution is 5.87. The van der Waals surface area contributed by atoms with Crippen molar-refractivity contribution in [3.8, 4) is 0 Å². The Morgan fingerprint density at radius 2 is 2.31 bits per heavy atom. The molecule has 1 fully saturated rings. The Bertz CT molecular complexity index is 268. The molecule has 1 aliphatic heterocycles. The van der Waals surface area contributed by atoms with Crippen molar-refractivity contribution in [2.24, 2.45) is 0 Å². The van der Waals surface area contributed by atoms with Crippen LogP contribution in [0.4, 0.5) is 0 Å². The maximum atomic E-state index is 11.9. The van der Waals surface area contributed by atoms with E-state index in [9.17, 15) is 9.59 Å². The van der Waals surface area contributed by atoms with E-state index in [1.54, 1.807) is 16.8 Å². The summed E-state index contributed by atoms with van der Waals surface area (Å²) in [5, 5.41) is 3.12. The maximum absolute atomic E-state index is 11.9. The fraction of sp³-hybridized carbons (Fsp3) is 0.818. The van der Waals surface area contributed by atoms with Crippen LogP contribution in [0.25, 0.3) is 0 Å². The Labute approximate surface area is 96.8 Å². The van der Waals surface area contributed by atoms with Gasteiger partial charge in [0.2, 0.25) is 11.8 Å². The molecule has 92 valence electrons. The molecule has 0 spiro atoms. The normalized spacial score (nSPS) is 21.8. The van der Waals surface area contributed by atoms with Crippen molar-refractivity contribution in [1.29, 1.82) is 0 Å². The molecular weight excluding hydrogens is 206 g/mol. The van der Waals surface area contributed by atoms with Crippen molar-refractivity contribution in [3.63, 3.8) is 0 Å². The van der Waals surface area contributed by atoms with Crippen molar-refractivity contribution in [1.82, 2.24) is 15.1 Å². The predicted octanol–water partition coefficient (Wildman–Crippen LogP) is -0.325. The lowest BCUT2D eigenvalue weighted by Gasteiger charge is -2.24. The van der Waals surface area contributed by atoms with Crippen LogP contribution in [0.1, 0.15) is 20.3 Å². The first-order chi connectivity index (χ1) is 7.56.